The monoisotopic (exact) mass is 332 g/mol. The first-order valence-corrected chi connectivity index (χ1v) is 9.85. The topological polar surface area (TPSA) is 57.5 Å². The number of aliphatic hydroxyl groups is 2. The third kappa shape index (κ3) is 2.13. The van der Waals surface area contributed by atoms with E-state index in [2.05, 4.69) is 19.9 Å². The summed E-state index contributed by atoms with van der Waals surface area (Å²) in [6, 6.07) is 0. The molecule has 0 saturated heterocycles. The van der Waals surface area contributed by atoms with Crippen molar-refractivity contribution in [3.05, 3.63) is 11.6 Å². The van der Waals surface area contributed by atoms with E-state index >= 15 is 0 Å². The van der Waals surface area contributed by atoms with Gasteiger partial charge in [-0.2, -0.15) is 0 Å². The molecule has 0 aliphatic heterocycles. The van der Waals surface area contributed by atoms with Crippen LogP contribution in [0.3, 0.4) is 0 Å². The first-order valence-electron chi connectivity index (χ1n) is 9.85. The standard InChI is InChI=1S/C21H32O3/c1-12(22)16-6-7-17-15-5-4-13-10-14(23)8-9-20(13,2)19(15)18(24)11-21(16,17)3/h10,14-19,23-24H,4-9,11H2,1-3H3/t14-,15?,16+,17?,18-,19?,20-,21+/m0/s1. The third-order valence-electron chi connectivity index (χ3n) is 8.51. The molecular formula is C21H32O3. The van der Waals surface area contributed by atoms with Gasteiger partial charge in [-0.3, -0.25) is 4.79 Å². The zero-order chi connectivity index (χ0) is 17.3. The minimum Gasteiger partial charge on any atom is -0.393 e. The molecule has 0 aromatic heterocycles. The van der Waals surface area contributed by atoms with Crippen LogP contribution in [0, 0.1) is 34.5 Å². The molecule has 3 nitrogen and oxygen atoms in total. The van der Waals surface area contributed by atoms with Gasteiger partial charge in [0.25, 0.3) is 0 Å². The highest BCUT2D eigenvalue weighted by Crippen LogP contribution is 2.66. The van der Waals surface area contributed by atoms with Gasteiger partial charge in [0.1, 0.15) is 5.78 Å². The molecule has 3 heteroatoms. The Morgan fingerprint density at radius 3 is 2.62 bits per heavy atom. The van der Waals surface area contributed by atoms with Crippen LogP contribution in [0.4, 0.5) is 0 Å². The molecular weight excluding hydrogens is 300 g/mol. The Balaban J connectivity index is 1.71. The van der Waals surface area contributed by atoms with E-state index in [1.165, 1.54) is 5.57 Å². The van der Waals surface area contributed by atoms with Crippen LogP contribution < -0.4 is 0 Å². The smallest absolute Gasteiger partial charge is 0.133 e. The highest BCUT2D eigenvalue weighted by atomic mass is 16.3. The van der Waals surface area contributed by atoms with E-state index in [-0.39, 0.29) is 29.0 Å². The molecule has 0 heterocycles. The van der Waals surface area contributed by atoms with Crippen molar-refractivity contribution in [3.8, 4) is 0 Å². The zero-order valence-corrected chi connectivity index (χ0v) is 15.3. The number of allylic oxidation sites excluding steroid dienone is 1. The van der Waals surface area contributed by atoms with E-state index in [0.717, 1.165) is 44.9 Å². The number of hydrogen-bond donors (Lipinski definition) is 2. The second kappa shape index (κ2) is 5.41. The van der Waals surface area contributed by atoms with Gasteiger partial charge >= 0.3 is 0 Å². The number of Topliss-reactive ketones (excluding diaryl/α,β-unsaturated/α-hetero) is 1. The van der Waals surface area contributed by atoms with Gasteiger partial charge in [-0.1, -0.05) is 25.5 Å². The molecule has 0 aromatic rings. The quantitative estimate of drug-likeness (QED) is 0.723. The molecule has 0 aromatic carbocycles. The highest BCUT2D eigenvalue weighted by molar-refractivity contribution is 5.79. The lowest BCUT2D eigenvalue weighted by atomic mass is 9.46. The van der Waals surface area contributed by atoms with E-state index in [0.29, 0.717) is 23.5 Å². The fourth-order valence-electron chi connectivity index (χ4n) is 7.51. The Morgan fingerprint density at radius 1 is 1.17 bits per heavy atom. The molecule has 3 saturated carbocycles. The van der Waals surface area contributed by atoms with Gasteiger partial charge in [-0.25, -0.2) is 0 Å². The van der Waals surface area contributed by atoms with Crippen molar-refractivity contribution in [3.63, 3.8) is 0 Å². The maximum atomic E-state index is 12.2. The van der Waals surface area contributed by atoms with Gasteiger partial charge < -0.3 is 10.2 Å². The Hall–Kier alpha value is -0.670. The largest absolute Gasteiger partial charge is 0.393 e. The van der Waals surface area contributed by atoms with Crippen molar-refractivity contribution in [1.29, 1.82) is 0 Å². The minimum absolute atomic E-state index is 0.0157. The average Bonchev–Trinajstić information content (AvgIpc) is 2.84. The second-order valence-corrected chi connectivity index (χ2v) is 9.57. The molecule has 4 aliphatic rings. The van der Waals surface area contributed by atoms with Crippen molar-refractivity contribution in [1.82, 2.24) is 0 Å². The Morgan fingerprint density at radius 2 is 1.92 bits per heavy atom. The van der Waals surface area contributed by atoms with Gasteiger partial charge in [0.05, 0.1) is 12.2 Å². The van der Waals surface area contributed by atoms with E-state index in [4.69, 9.17) is 0 Å². The summed E-state index contributed by atoms with van der Waals surface area (Å²) in [5, 5.41) is 21.2. The molecule has 0 bridgehead atoms. The van der Waals surface area contributed by atoms with E-state index < -0.39 is 0 Å². The number of ketones is 1. The van der Waals surface area contributed by atoms with Crippen molar-refractivity contribution >= 4 is 5.78 Å². The molecule has 2 N–H and O–H groups in total. The maximum Gasteiger partial charge on any atom is 0.133 e. The Bertz CT molecular complexity index is 582. The first-order chi connectivity index (χ1) is 11.3. The van der Waals surface area contributed by atoms with Gasteiger partial charge in [-0.15, -0.1) is 0 Å². The molecule has 134 valence electrons. The molecule has 4 aliphatic carbocycles. The van der Waals surface area contributed by atoms with Crippen LogP contribution in [-0.2, 0) is 4.79 Å². The third-order valence-corrected chi connectivity index (χ3v) is 8.51. The van der Waals surface area contributed by atoms with Gasteiger partial charge in [0.2, 0.25) is 0 Å². The number of hydrogen-bond acceptors (Lipinski definition) is 3. The summed E-state index contributed by atoms with van der Waals surface area (Å²) in [4.78, 5) is 12.2. The van der Waals surface area contributed by atoms with Gasteiger partial charge in [0.15, 0.2) is 0 Å². The summed E-state index contributed by atoms with van der Waals surface area (Å²) in [5.74, 6) is 1.85. The second-order valence-electron chi connectivity index (χ2n) is 9.57. The predicted molar refractivity (Wildman–Crippen MR) is 93.3 cm³/mol. The lowest BCUT2D eigenvalue weighted by Gasteiger charge is -2.60. The number of carbonyl (C=O) groups excluding carboxylic acids is 1. The molecule has 0 radical (unpaired) electrons. The van der Waals surface area contributed by atoms with Gasteiger partial charge in [-0.05, 0) is 80.5 Å². The molecule has 3 fully saturated rings. The fraction of sp³-hybridized carbons (Fsp3) is 0.857. The van der Waals surface area contributed by atoms with Crippen LogP contribution in [0.2, 0.25) is 0 Å². The van der Waals surface area contributed by atoms with E-state index in [1.807, 2.05) is 0 Å². The summed E-state index contributed by atoms with van der Waals surface area (Å²) in [5.41, 5.74) is 1.40. The minimum atomic E-state index is -0.319. The number of carbonyl (C=O) groups is 1. The van der Waals surface area contributed by atoms with E-state index in [1.54, 1.807) is 6.92 Å². The number of fused-ring (bicyclic) bond motifs is 5. The normalized spacial score (nSPS) is 53.6. The van der Waals surface area contributed by atoms with Crippen LogP contribution in [-0.4, -0.2) is 28.2 Å². The summed E-state index contributed by atoms with van der Waals surface area (Å²) in [7, 11) is 0. The van der Waals surface area contributed by atoms with Crippen molar-refractivity contribution in [2.75, 3.05) is 0 Å². The van der Waals surface area contributed by atoms with Crippen molar-refractivity contribution in [2.45, 2.75) is 77.9 Å². The van der Waals surface area contributed by atoms with E-state index in [9.17, 15) is 15.0 Å². The Labute approximate surface area is 145 Å². The number of rotatable bonds is 1. The first kappa shape index (κ1) is 16.8. The summed E-state index contributed by atoms with van der Waals surface area (Å²) in [6.07, 6.45) is 8.34. The van der Waals surface area contributed by atoms with Crippen LogP contribution in [0.15, 0.2) is 11.6 Å². The lowest BCUT2D eigenvalue weighted by Crippen LogP contribution is -2.57. The van der Waals surface area contributed by atoms with Crippen LogP contribution in [0.1, 0.15) is 65.7 Å². The van der Waals surface area contributed by atoms with Crippen LogP contribution in [0.25, 0.3) is 0 Å². The zero-order valence-electron chi connectivity index (χ0n) is 15.3. The SMILES string of the molecule is CC(=O)[C@H]1CCC2C3CCC4=C[C@@H](O)CC[C@]4(C)C3[C@@H](O)C[C@@]21C. The molecule has 24 heavy (non-hydrogen) atoms. The molecule has 0 spiro atoms. The summed E-state index contributed by atoms with van der Waals surface area (Å²) >= 11 is 0. The van der Waals surface area contributed by atoms with Crippen molar-refractivity contribution in [2.24, 2.45) is 34.5 Å². The molecule has 0 amide bonds. The number of aliphatic hydroxyl groups excluding tert-OH is 2. The predicted octanol–water partition coefficient (Wildman–Crippen LogP) is 3.49. The molecule has 3 unspecified atom stereocenters. The molecule has 8 atom stereocenters. The van der Waals surface area contributed by atoms with Gasteiger partial charge in [0, 0.05) is 5.92 Å². The fourth-order valence-corrected chi connectivity index (χ4v) is 7.51. The average molecular weight is 332 g/mol. The Kier molecular flexibility index (Phi) is 3.78. The van der Waals surface area contributed by atoms with Crippen LogP contribution >= 0.6 is 0 Å². The van der Waals surface area contributed by atoms with Crippen molar-refractivity contribution < 1.29 is 15.0 Å². The molecule has 4 rings (SSSR count). The maximum absolute atomic E-state index is 12.2. The summed E-state index contributed by atoms with van der Waals surface area (Å²) < 4.78 is 0. The summed E-state index contributed by atoms with van der Waals surface area (Å²) in [6.45, 7) is 6.33. The van der Waals surface area contributed by atoms with Crippen LogP contribution in [0.5, 0.6) is 0 Å². The highest BCUT2D eigenvalue weighted by Gasteiger charge is 2.62. The lowest BCUT2D eigenvalue weighted by molar-refractivity contribution is -0.142.